The van der Waals surface area contributed by atoms with Crippen LogP contribution in [-0.2, 0) is 27.9 Å². The Morgan fingerprint density at radius 1 is 0.439 bits per heavy atom. The van der Waals surface area contributed by atoms with Crippen LogP contribution in [-0.4, -0.2) is 74.3 Å². The first-order valence-electron chi connectivity index (χ1n) is 33.0. The lowest BCUT2D eigenvalue weighted by Gasteiger charge is -2.27. The second kappa shape index (κ2) is 60.3. The smallest absolute Gasteiger partial charge is 0.456 e. The zero-order valence-electron chi connectivity index (χ0n) is 53.4. The van der Waals surface area contributed by atoms with Gasteiger partial charge in [0, 0.05) is 12.8 Å². The molecule has 0 rings (SSSR count). The van der Waals surface area contributed by atoms with Crippen LogP contribution in [0.4, 0.5) is 0 Å². The predicted molar refractivity (Wildman–Crippen MR) is 355 cm³/mol. The lowest BCUT2D eigenvalue weighted by Crippen LogP contribution is -2.47. The maximum Gasteiger partial charge on any atom is 0.472 e. The topological polar surface area (TPSA) is 111 Å². The maximum atomic E-state index is 13.5. The first-order valence-corrected chi connectivity index (χ1v) is 34.5. The summed E-state index contributed by atoms with van der Waals surface area (Å²) in [4.78, 5) is 37.8. The van der Waals surface area contributed by atoms with E-state index in [4.69, 9.17) is 13.8 Å². The van der Waals surface area contributed by atoms with E-state index in [0.29, 0.717) is 23.9 Å². The summed E-state index contributed by atoms with van der Waals surface area (Å²) in [5.41, 5.74) is 0. The van der Waals surface area contributed by atoms with Crippen LogP contribution in [0.3, 0.4) is 0 Å². The molecule has 0 saturated heterocycles. The third kappa shape index (κ3) is 60.7. The number of unbranched alkanes of at least 4 members (excludes halogenated alkanes) is 22. The molecule has 2 N–H and O–H groups in total. The Morgan fingerprint density at radius 2 is 0.793 bits per heavy atom. The summed E-state index contributed by atoms with van der Waals surface area (Å²) in [5, 5.41) is 3.01. The average Bonchev–Trinajstić information content (AvgIpc) is 3.47. The second-order valence-electron chi connectivity index (χ2n) is 22.9. The number of amides is 1. The predicted octanol–water partition coefficient (Wildman–Crippen LogP) is 20.8. The highest BCUT2D eigenvalue weighted by atomic mass is 31.2. The normalized spacial score (nSPS) is 14.5. The molecule has 0 aromatic carbocycles. The van der Waals surface area contributed by atoms with Gasteiger partial charge in [0.05, 0.1) is 33.8 Å². The molecule has 0 aromatic rings. The van der Waals surface area contributed by atoms with Crippen LogP contribution in [0.5, 0.6) is 0 Å². The van der Waals surface area contributed by atoms with E-state index in [-0.39, 0.29) is 37.9 Å². The number of rotatable bonds is 58. The molecule has 0 aromatic heterocycles. The van der Waals surface area contributed by atoms with Crippen LogP contribution < -0.4 is 5.32 Å². The molecule has 82 heavy (non-hydrogen) atoms. The number of hydrogen-bond donors (Lipinski definition) is 2. The molecule has 0 bridgehead atoms. The van der Waals surface area contributed by atoms with Crippen molar-refractivity contribution in [3.63, 3.8) is 0 Å². The number of phosphoric ester groups is 1. The third-order valence-corrected chi connectivity index (χ3v) is 14.8. The van der Waals surface area contributed by atoms with Gasteiger partial charge in [-0.3, -0.25) is 18.6 Å². The minimum absolute atomic E-state index is 0.0186. The minimum atomic E-state index is -4.48. The summed E-state index contributed by atoms with van der Waals surface area (Å²) < 4.78 is 30.7. The molecule has 0 aliphatic carbocycles. The van der Waals surface area contributed by atoms with Gasteiger partial charge in [0.1, 0.15) is 19.3 Å². The van der Waals surface area contributed by atoms with Gasteiger partial charge in [-0.25, -0.2) is 4.57 Å². The lowest BCUT2D eigenvalue weighted by atomic mass is 10.0. The molecule has 3 unspecified atom stereocenters. The van der Waals surface area contributed by atoms with Crippen molar-refractivity contribution in [3.05, 3.63) is 134 Å². The molecule has 3 atom stereocenters. The van der Waals surface area contributed by atoms with E-state index in [1.165, 1.54) is 109 Å². The summed E-state index contributed by atoms with van der Waals surface area (Å²) >= 11 is 0. The van der Waals surface area contributed by atoms with Gasteiger partial charge in [0.2, 0.25) is 5.91 Å². The minimum Gasteiger partial charge on any atom is -0.456 e. The Hall–Kier alpha value is -3.85. The summed E-state index contributed by atoms with van der Waals surface area (Å²) in [6, 6.07) is -0.901. The highest BCUT2D eigenvalue weighted by Gasteiger charge is 2.30. The summed E-state index contributed by atoms with van der Waals surface area (Å²) in [7, 11) is 1.43. The maximum absolute atomic E-state index is 13.5. The largest absolute Gasteiger partial charge is 0.472 e. The van der Waals surface area contributed by atoms with E-state index in [2.05, 4.69) is 142 Å². The Labute approximate surface area is 505 Å². The highest BCUT2D eigenvalue weighted by molar-refractivity contribution is 7.47. The SMILES string of the molecule is CC/C=C\C/C=C\C/C=C\C/C=C\C/C=C\C/C=C\CCC(=O)NC(COP(=O)(O)OCC[N+](C)(C)C)C(/C=C\CCCCCCCCCCCC)OC(=O)CCCCCCCCCCC/C=C\C/C=C\C/C=C\C/C=C\CCCCC. The van der Waals surface area contributed by atoms with Gasteiger partial charge >= 0.3 is 13.8 Å². The monoisotopic (exact) mass is 1160 g/mol. The lowest BCUT2D eigenvalue weighted by molar-refractivity contribution is -0.870. The number of hydrogen-bond acceptors (Lipinski definition) is 6. The average molecular weight is 1160 g/mol. The molecule has 0 aliphatic rings. The molecule has 1 amide bonds. The fraction of sp³-hybridized carbons (Fsp3) is 0.667. The molecule has 0 aliphatic heterocycles. The van der Waals surface area contributed by atoms with Crippen molar-refractivity contribution in [1.29, 1.82) is 0 Å². The van der Waals surface area contributed by atoms with E-state index in [9.17, 15) is 19.0 Å². The first kappa shape index (κ1) is 78.1. The van der Waals surface area contributed by atoms with E-state index in [1.807, 2.05) is 39.4 Å². The number of likely N-dealkylation sites (N-methyl/N-ethyl adjacent to an activating group) is 1. The van der Waals surface area contributed by atoms with E-state index in [0.717, 1.165) is 103 Å². The number of carbonyl (C=O) groups is 2. The molecule has 10 heteroatoms. The van der Waals surface area contributed by atoms with Crippen molar-refractivity contribution < 1.29 is 37.3 Å². The highest BCUT2D eigenvalue weighted by Crippen LogP contribution is 2.43. The van der Waals surface area contributed by atoms with Gasteiger partial charge in [-0.05, 0) is 115 Å². The van der Waals surface area contributed by atoms with Gasteiger partial charge < -0.3 is 19.4 Å². The van der Waals surface area contributed by atoms with Gasteiger partial charge in [0.25, 0.3) is 0 Å². The van der Waals surface area contributed by atoms with Crippen molar-refractivity contribution >= 4 is 19.7 Å². The Kier molecular flexibility index (Phi) is 57.4. The Bertz CT molecular complexity index is 1860. The molecular weight excluding hydrogens is 1040 g/mol. The number of nitrogens with one attached hydrogen (secondary N) is 1. The molecule has 0 fully saturated rings. The van der Waals surface area contributed by atoms with Gasteiger partial charge in [0.15, 0.2) is 0 Å². The van der Waals surface area contributed by atoms with Gasteiger partial charge in [-0.15, -0.1) is 0 Å². The first-order chi connectivity index (χ1) is 39.9. The number of phosphoric acid groups is 1. The van der Waals surface area contributed by atoms with Crippen LogP contribution in [0.25, 0.3) is 0 Å². The second-order valence-corrected chi connectivity index (χ2v) is 24.4. The molecule has 0 spiro atoms. The van der Waals surface area contributed by atoms with Gasteiger partial charge in [-0.1, -0.05) is 264 Å². The Balaban J connectivity index is 5.28. The number of carbonyl (C=O) groups excluding carboxylic acids is 2. The zero-order chi connectivity index (χ0) is 60.0. The number of esters is 1. The molecule has 0 heterocycles. The summed E-state index contributed by atoms with van der Waals surface area (Å²) in [5.74, 6) is -0.617. The van der Waals surface area contributed by atoms with Crippen molar-refractivity contribution in [2.45, 2.75) is 270 Å². The summed E-state index contributed by atoms with van der Waals surface area (Å²) in [6.07, 6.45) is 86.2. The fourth-order valence-electron chi connectivity index (χ4n) is 8.77. The molecule has 9 nitrogen and oxygen atoms in total. The van der Waals surface area contributed by atoms with Crippen LogP contribution in [0.1, 0.15) is 258 Å². The third-order valence-electron chi connectivity index (χ3n) is 13.8. The quantitative estimate of drug-likeness (QED) is 0.0205. The van der Waals surface area contributed by atoms with Crippen molar-refractivity contribution in [2.24, 2.45) is 0 Å². The zero-order valence-corrected chi connectivity index (χ0v) is 54.3. The van der Waals surface area contributed by atoms with E-state index < -0.39 is 20.0 Å². The Morgan fingerprint density at radius 3 is 1.22 bits per heavy atom. The van der Waals surface area contributed by atoms with Crippen molar-refractivity contribution in [2.75, 3.05) is 40.9 Å². The molecular formula is C72H124N2O7P+. The van der Waals surface area contributed by atoms with Crippen molar-refractivity contribution in [1.82, 2.24) is 5.32 Å². The number of quaternary nitrogens is 1. The van der Waals surface area contributed by atoms with Crippen LogP contribution in [0.2, 0.25) is 0 Å². The van der Waals surface area contributed by atoms with Gasteiger partial charge in [-0.2, -0.15) is 0 Å². The fourth-order valence-corrected chi connectivity index (χ4v) is 9.51. The molecule has 0 saturated carbocycles. The molecule has 0 radical (unpaired) electrons. The van der Waals surface area contributed by atoms with Crippen LogP contribution >= 0.6 is 7.82 Å². The molecule has 468 valence electrons. The number of ether oxygens (including phenoxy) is 1. The standard InChI is InChI=1S/C72H123N2O7P/c1-7-10-13-16-19-22-25-28-30-32-34-35-36-37-38-39-41-43-45-47-50-53-56-59-62-65-72(76)81-70(63-60-57-54-51-48-27-24-21-18-15-12-9-3)69(68-80-82(77,78)79-67-66-74(4,5)6)73-71(75)64-61-58-55-52-49-46-44-42-40-33-31-29-26-23-20-17-14-11-8-2/h11,14,19-20,22-23,28-31,34-35,37-38,40,42,46,49,55,58,60,63,69-70H,7-10,12-13,15-18,21,24-27,32-33,36,39,41,43-45,47-48,50-54,56-57,59,61-62,64-68H2,1-6H3,(H-,73,75,77,78)/p+1/b14-11-,22-19-,23-20-,30-28-,31-29-,35-34-,38-37-,42-40-,49-46-,58-55-,63-60-. The number of nitrogens with zero attached hydrogens (tertiary/aromatic N) is 1. The van der Waals surface area contributed by atoms with E-state index >= 15 is 0 Å². The van der Waals surface area contributed by atoms with Crippen LogP contribution in [0.15, 0.2) is 134 Å². The van der Waals surface area contributed by atoms with Crippen LogP contribution in [0, 0.1) is 0 Å². The summed E-state index contributed by atoms with van der Waals surface area (Å²) in [6.45, 7) is 6.80. The van der Waals surface area contributed by atoms with E-state index in [1.54, 1.807) is 0 Å². The van der Waals surface area contributed by atoms with Crippen molar-refractivity contribution in [3.8, 4) is 0 Å². The number of allylic oxidation sites excluding steroid dienone is 21.